The third-order valence-electron chi connectivity index (χ3n) is 5.40. The molecule has 0 aromatic carbocycles. The van der Waals surface area contributed by atoms with Crippen LogP contribution in [0.5, 0.6) is 0 Å². The van der Waals surface area contributed by atoms with Crippen LogP contribution in [0, 0.1) is 0 Å². The molecule has 5 nitrogen and oxygen atoms in total. The summed E-state index contributed by atoms with van der Waals surface area (Å²) in [6, 6.07) is 0.616. The van der Waals surface area contributed by atoms with Crippen LogP contribution in [-0.4, -0.2) is 68.2 Å². The van der Waals surface area contributed by atoms with Crippen molar-refractivity contribution in [2.75, 3.05) is 39.3 Å². The largest absolute Gasteiger partial charge is 0.317 e. The molecule has 3 heterocycles. The number of hydrogen-bond donors (Lipinski definition) is 1. The third-order valence-corrected chi connectivity index (χ3v) is 7.80. The number of rotatable bonds is 3. The van der Waals surface area contributed by atoms with Gasteiger partial charge in [-0.2, -0.15) is 0 Å². The highest BCUT2D eigenvalue weighted by molar-refractivity contribution is 7.89. The van der Waals surface area contributed by atoms with E-state index in [1.807, 2.05) is 0 Å². The molecule has 0 atom stereocenters. The van der Waals surface area contributed by atoms with E-state index in [0.717, 1.165) is 51.9 Å². The fourth-order valence-electron chi connectivity index (χ4n) is 4.05. The predicted octanol–water partition coefficient (Wildman–Crippen LogP) is 1.02. The molecule has 122 valence electrons. The molecule has 0 aromatic rings. The van der Waals surface area contributed by atoms with Crippen molar-refractivity contribution in [3.63, 3.8) is 0 Å². The molecule has 0 radical (unpaired) electrons. The summed E-state index contributed by atoms with van der Waals surface area (Å²) in [6.07, 6.45) is 7.57. The number of nitrogens with zero attached hydrogens (tertiary/aromatic N) is 2. The highest BCUT2D eigenvalue weighted by Crippen LogP contribution is 2.25. The van der Waals surface area contributed by atoms with Crippen molar-refractivity contribution in [3.05, 3.63) is 0 Å². The van der Waals surface area contributed by atoms with Crippen molar-refractivity contribution >= 4 is 10.0 Å². The summed E-state index contributed by atoms with van der Waals surface area (Å²) in [5, 5.41) is 3.10. The van der Waals surface area contributed by atoms with Crippen molar-refractivity contribution in [2.45, 2.75) is 56.2 Å². The molecule has 3 aliphatic rings. The van der Waals surface area contributed by atoms with E-state index < -0.39 is 10.0 Å². The van der Waals surface area contributed by atoms with Crippen LogP contribution in [0.1, 0.15) is 44.9 Å². The minimum atomic E-state index is -3.06. The average Bonchev–Trinajstić information content (AvgIpc) is 2.57. The fraction of sp³-hybridized carbons (Fsp3) is 1.00. The van der Waals surface area contributed by atoms with Crippen LogP contribution in [-0.2, 0) is 10.0 Å². The first-order chi connectivity index (χ1) is 10.2. The van der Waals surface area contributed by atoms with Gasteiger partial charge in [0.15, 0.2) is 0 Å². The average molecular weight is 315 g/mol. The zero-order valence-corrected chi connectivity index (χ0v) is 13.8. The molecule has 0 aromatic heterocycles. The van der Waals surface area contributed by atoms with Gasteiger partial charge in [-0.15, -0.1) is 0 Å². The molecular formula is C15H29N3O2S. The number of piperidine rings is 3. The molecule has 1 N–H and O–H groups in total. The molecule has 21 heavy (non-hydrogen) atoms. The van der Waals surface area contributed by atoms with Gasteiger partial charge in [0.2, 0.25) is 10.0 Å². The minimum Gasteiger partial charge on any atom is -0.317 e. The summed E-state index contributed by atoms with van der Waals surface area (Å²) in [6.45, 7) is 5.57. The fourth-order valence-corrected chi connectivity index (χ4v) is 6.02. The summed E-state index contributed by atoms with van der Waals surface area (Å²) in [7, 11) is -3.06. The Balaban J connectivity index is 1.54. The van der Waals surface area contributed by atoms with Gasteiger partial charge in [-0.3, -0.25) is 0 Å². The molecule has 0 unspecified atom stereocenters. The van der Waals surface area contributed by atoms with E-state index in [0.29, 0.717) is 6.04 Å². The lowest BCUT2D eigenvalue weighted by Gasteiger charge is -2.40. The second kappa shape index (κ2) is 6.94. The van der Waals surface area contributed by atoms with Crippen LogP contribution >= 0.6 is 0 Å². The molecular weight excluding hydrogens is 286 g/mol. The Kier molecular flexibility index (Phi) is 5.19. The van der Waals surface area contributed by atoms with E-state index in [2.05, 4.69) is 10.2 Å². The Hall–Kier alpha value is -0.170. The molecule has 3 saturated heterocycles. The Labute approximate surface area is 129 Å². The SMILES string of the molecule is O=S(=O)(C1CCNCC1)N1CCC(N2CCCCC2)CC1. The number of likely N-dealkylation sites (tertiary alicyclic amines) is 1. The zero-order valence-electron chi connectivity index (χ0n) is 13.0. The first-order valence-electron chi connectivity index (χ1n) is 8.61. The smallest absolute Gasteiger partial charge is 0.217 e. The second-order valence-electron chi connectivity index (χ2n) is 6.72. The second-order valence-corrected chi connectivity index (χ2v) is 8.93. The standard InChI is InChI=1S/C15H29N3O2S/c19-21(20,15-4-8-16-9-5-15)18-12-6-14(7-13-18)17-10-2-1-3-11-17/h14-16H,1-13H2. The van der Waals surface area contributed by atoms with Crippen LogP contribution in [0.4, 0.5) is 0 Å². The van der Waals surface area contributed by atoms with E-state index in [1.165, 1.54) is 32.4 Å². The van der Waals surface area contributed by atoms with Crippen LogP contribution in [0.25, 0.3) is 0 Å². The third kappa shape index (κ3) is 3.60. The molecule has 0 spiro atoms. The van der Waals surface area contributed by atoms with E-state index >= 15 is 0 Å². The summed E-state index contributed by atoms with van der Waals surface area (Å²) in [5.74, 6) is 0. The molecule has 0 aliphatic carbocycles. The van der Waals surface area contributed by atoms with E-state index in [4.69, 9.17) is 0 Å². The first kappa shape index (κ1) is 15.7. The lowest BCUT2D eigenvalue weighted by molar-refractivity contribution is 0.117. The van der Waals surface area contributed by atoms with Crippen LogP contribution < -0.4 is 5.32 Å². The summed E-state index contributed by atoms with van der Waals surface area (Å²) < 4.78 is 27.2. The van der Waals surface area contributed by atoms with Gasteiger partial charge < -0.3 is 10.2 Å². The van der Waals surface area contributed by atoms with Crippen molar-refractivity contribution < 1.29 is 8.42 Å². The molecule has 0 bridgehead atoms. The van der Waals surface area contributed by atoms with E-state index in [9.17, 15) is 8.42 Å². The minimum absolute atomic E-state index is 0.148. The molecule has 0 saturated carbocycles. The lowest BCUT2D eigenvalue weighted by atomic mass is 10.0. The molecule has 3 aliphatic heterocycles. The predicted molar refractivity (Wildman–Crippen MR) is 84.8 cm³/mol. The molecule has 0 amide bonds. The van der Waals surface area contributed by atoms with Crippen LogP contribution in [0.3, 0.4) is 0 Å². The van der Waals surface area contributed by atoms with Crippen LogP contribution in [0.15, 0.2) is 0 Å². The molecule has 3 rings (SSSR count). The van der Waals surface area contributed by atoms with Crippen LogP contribution in [0.2, 0.25) is 0 Å². The van der Waals surface area contributed by atoms with E-state index in [-0.39, 0.29) is 5.25 Å². The quantitative estimate of drug-likeness (QED) is 0.845. The van der Waals surface area contributed by atoms with Crippen molar-refractivity contribution in [2.24, 2.45) is 0 Å². The number of sulfonamides is 1. The normalized spacial score (nSPS) is 28.8. The number of hydrogen-bond acceptors (Lipinski definition) is 4. The van der Waals surface area contributed by atoms with Gasteiger partial charge >= 0.3 is 0 Å². The lowest BCUT2D eigenvalue weighted by Crippen LogP contribution is -2.51. The van der Waals surface area contributed by atoms with Crippen molar-refractivity contribution in [3.8, 4) is 0 Å². The van der Waals surface area contributed by atoms with Gasteiger partial charge in [-0.25, -0.2) is 12.7 Å². The van der Waals surface area contributed by atoms with E-state index in [1.54, 1.807) is 4.31 Å². The summed E-state index contributed by atoms with van der Waals surface area (Å²) in [5.41, 5.74) is 0. The highest BCUT2D eigenvalue weighted by Gasteiger charge is 2.36. The Morgan fingerprint density at radius 2 is 1.43 bits per heavy atom. The van der Waals surface area contributed by atoms with Gasteiger partial charge in [0.25, 0.3) is 0 Å². The monoisotopic (exact) mass is 315 g/mol. The van der Waals surface area contributed by atoms with Gasteiger partial charge in [-0.05, 0) is 64.7 Å². The summed E-state index contributed by atoms with van der Waals surface area (Å²) >= 11 is 0. The first-order valence-corrected chi connectivity index (χ1v) is 10.1. The van der Waals surface area contributed by atoms with Gasteiger partial charge in [-0.1, -0.05) is 6.42 Å². The molecule has 3 fully saturated rings. The van der Waals surface area contributed by atoms with Crippen molar-refractivity contribution in [1.82, 2.24) is 14.5 Å². The maximum absolute atomic E-state index is 12.7. The Morgan fingerprint density at radius 1 is 0.810 bits per heavy atom. The highest BCUT2D eigenvalue weighted by atomic mass is 32.2. The van der Waals surface area contributed by atoms with Gasteiger partial charge in [0.1, 0.15) is 0 Å². The zero-order chi connectivity index (χ0) is 14.7. The van der Waals surface area contributed by atoms with Crippen molar-refractivity contribution in [1.29, 1.82) is 0 Å². The maximum Gasteiger partial charge on any atom is 0.217 e. The topological polar surface area (TPSA) is 52.7 Å². The maximum atomic E-state index is 12.7. The van der Waals surface area contributed by atoms with Gasteiger partial charge in [0, 0.05) is 19.1 Å². The van der Waals surface area contributed by atoms with Gasteiger partial charge in [0.05, 0.1) is 5.25 Å². The molecule has 6 heteroatoms. The number of nitrogens with one attached hydrogen (secondary N) is 1. The Morgan fingerprint density at radius 3 is 2.05 bits per heavy atom. The summed E-state index contributed by atoms with van der Waals surface area (Å²) in [4.78, 5) is 2.60. The Bertz CT molecular complexity index is 420.